The number of ether oxygens (including phenoxy) is 1. The van der Waals surface area contributed by atoms with Gasteiger partial charge in [-0.15, -0.1) is 11.8 Å². The van der Waals surface area contributed by atoms with Gasteiger partial charge in [0, 0.05) is 30.8 Å². The zero-order valence-corrected chi connectivity index (χ0v) is 14.5. The first kappa shape index (κ1) is 19.3. The van der Waals surface area contributed by atoms with Gasteiger partial charge in [0.1, 0.15) is 6.04 Å². The maximum absolute atomic E-state index is 12.4. The number of nitrogens with one attached hydrogen (secondary N) is 1. The van der Waals surface area contributed by atoms with Gasteiger partial charge in [0.25, 0.3) is 5.91 Å². The van der Waals surface area contributed by atoms with Crippen LogP contribution >= 0.6 is 11.8 Å². The van der Waals surface area contributed by atoms with Crippen LogP contribution in [-0.2, 0) is 9.53 Å². The Bertz CT molecular complexity index is 567. The molecule has 5 nitrogen and oxygen atoms in total. The lowest BCUT2D eigenvalue weighted by Crippen LogP contribution is -2.41. The van der Waals surface area contributed by atoms with Crippen LogP contribution in [0.25, 0.3) is 0 Å². The SMILES string of the molecule is COCCC(NC(=O)c1ccccc1SCC=C(C)C)C(=O)O. The second-order valence-corrected chi connectivity index (χ2v) is 6.30. The van der Waals surface area contributed by atoms with Gasteiger partial charge in [-0.3, -0.25) is 4.79 Å². The fourth-order valence-electron chi connectivity index (χ4n) is 1.81. The summed E-state index contributed by atoms with van der Waals surface area (Å²) in [6.07, 6.45) is 2.31. The minimum Gasteiger partial charge on any atom is -0.480 e. The predicted octanol–water partition coefficient (Wildman–Crippen LogP) is 2.96. The van der Waals surface area contributed by atoms with Gasteiger partial charge < -0.3 is 15.2 Å². The number of carbonyl (C=O) groups excluding carboxylic acids is 1. The molecule has 6 heteroatoms. The lowest BCUT2D eigenvalue weighted by molar-refractivity contribution is -0.139. The van der Waals surface area contributed by atoms with E-state index in [9.17, 15) is 14.7 Å². The average molecular weight is 337 g/mol. The summed E-state index contributed by atoms with van der Waals surface area (Å²) in [5.74, 6) is -0.683. The molecular formula is C17H23NO4S. The molecule has 0 aromatic heterocycles. The molecule has 0 fully saturated rings. The molecule has 1 aromatic rings. The molecule has 1 amide bonds. The van der Waals surface area contributed by atoms with Crippen molar-refractivity contribution in [3.05, 3.63) is 41.5 Å². The van der Waals surface area contributed by atoms with Gasteiger partial charge in [-0.2, -0.15) is 0 Å². The quantitative estimate of drug-likeness (QED) is 0.535. The smallest absolute Gasteiger partial charge is 0.326 e. The highest BCUT2D eigenvalue weighted by molar-refractivity contribution is 7.99. The number of aliphatic carboxylic acids is 1. The number of thioether (sulfide) groups is 1. The molecule has 2 N–H and O–H groups in total. The van der Waals surface area contributed by atoms with E-state index in [1.165, 1.54) is 12.7 Å². The first-order chi connectivity index (χ1) is 11.0. The van der Waals surface area contributed by atoms with Crippen molar-refractivity contribution in [2.75, 3.05) is 19.5 Å². The van der Waals surface area contributed by atoms with Gasteiger partial charge >= 0.3 is 5.97 Å². The Morgan fingerprint density at radius 1 is 1.35 bits per heavy atom. The maximum atomic E-state index is 12.4. The number of hydrogen-bond donors (Lipinski definition) is 2. The third kappa shape index (κ3) is 6.88. The second-order valence-electron chi connectivity index (χ2n) is 5.23. The fraction of sp³-hybridized carbons (Fsp3) is 0.412. The number of carboxylic acid groups (broad SMARTS) is 1. The van der Waals surface area contributed by atoms with Crippen molar-refractivity contribution < 1.29 is 19.4 Å². The molecule has 0 aliphatic rings. The van der Waals surface area contributed by atoms with Crippen LogP contribution < -0.4 is 5.32 Å². The molecule has 0 aliphatic heterocycles. The predicted molar refractivity (Wildman–Crippen MR) is 92.0 cm³/mol. The summed E-state index contributed by atoms with van der Waals surface area (Å²) in [6.45, 7) is 4.31. The van der Waals surface area contributed by atoms with Crippen molar-refractivity contribution in [1.29, 1.82) is 0 Å². The first-order valence-corrected chi connectivity index (χ1v) is 8.32. The fourth-order valence-corrected chi connectivity index (χ4v) is 2.89. The summed E-state index contributed by atoms with van der Waals surface area (Å²) in [5, 5.41) is 11.7. The lowest BCUT2D eigenvalue weighted by Gasteiger charge is -2.15. The highest BCUT2D eigenvalue weighted by Gasteiger charge is 2.21. The molecule has 0 saturated carbocycles. The van der Waals surface area contributed by atoms with E-state index in [1.807, 2.05) is 26.0 Å². The molecule has 0 spiro atoms. The summed E-state index contributed by atoms with van der Waals surface area (Å²) in [7, 11) is 1.50. The number of allylic oxidation sites excluding steroid dienone is 1. The number of carboxylic acids is 1. The molecule has 0 aliphatic carbocycles. The molecule has 1 atom stereocenters. The summed E-state index contributed by atoms with van der Waals surface area (Å²) in [4.78, 5) is 24.4. The zero-order chi connectivity index (χ0) is 17.2. The zero-order valence-electron chi connectivity index (χ0n) is 13.7. The van der Waals surface area contributed by atoms with E-state index in [4.69, 9.17) is 4.74 Å². The Kier molecular flexibility index (Phi) is 8.43. The number of carbonyl (C=O) groups is 2. The Morgan fingerprint density at radius 2 is 2.04 bits per heavy atom. The van der Waals surface area contributed by atoms with Crippen LogP contribution in [0.15, 0.2) is 40.8 Å². The summed E-state index contributed by atoms with van der Waals surface area (Å²) < 4.78 is 4.88. The van der Waals surface area contributed by atoms with Gasteiger partial charge in [-0.1, -0.05) is 23.8 Å². The summed E-state index contributed by atoms with van der Waals surface area (Å²) >= 11 is 1.55. The Hall–Kier alpha value is -1.79. The van der Waals surface area contributed by atoms with Crippen molar-refractivity contribution in [1.82, 2.24) is 5.32 Å². The van der Waals surface area contributed by atoms with Gasteiger partial charge in [0.05, 0.1) is 5.56 Å². The molecule has 0 bridgehead atoms. The van der Waals surface area contributed by atoms with E-state index in [2.05, 4.69) is 11.4 Å². The van der Waals surface area contributed by atoms with Crippen LogP contribution in [0, 0.1) is 0 Å². The molecule has 1 rings (SSSR count). The Morgan fingerprint density at radius 3 is 2.65 bits per heavy atom. The molecule has 1 unspecified atom stereocenters. The third-order valence-corrected chi connectivity index (χ3v) is 4.08. The number of amides is 1. The summed E-state index contributed by atoms with van der Waals surface area (Å²) in [6, 6.07) is 6.24. The first-order valence-electron chi connectivity index (χ1n) is 7.33. The standard InChI is InChI=1S/C17H23NO4S/c1-12(2)9-11-23-15-7-5-4-6-13(15)16(19)18-14(17(20)21)8-10-22-3/h4-7,9,14H,8,10-11H2,1-3H3,(H,18,19)(H,20,21). The largest absolute Gasteiger partial charge is 0.480 e. The maximum Gasteiger partial charge on any atom is 0.326 e. The van der Waals surface area contributed by atoms with Gasteiger partial charge in [0.2, 0.25) is 0 Å². The number of methoxy groups -OCH3 is 1. The monoisotopic (exact) mass is 337 g/mol. The van der Waals surface area contributed by atoms with Crippen LogP contribution in [0.1, 0.15) is 30.6 Å². The van der Waals surface area contributed by atoms with Crippen molar-refractivity contribution in [3.8, 4) is 0 Å². The Balaban J connectivity index is 2.81. The normalized spacial score (nSPS) is 11.6. The minimum absolute atomic E-state index is 0.227. The van der Waals surface area contributed by atoms with Crippen molar-refractivity contribution in [2.45, 2.75) is 31.2 Å². The highest BCUT2D eigenvalue weighted by Crippen LogP contribution is 2.23. The number of hydrogen-bond acceptors (Lipinski definition) is 4. The third-order valence-electron chi connectivity index (χ3n) is 3.08. The van der Waals surface area contributed by atoms with Gasteiger partial charge in [-0.25, -0.2) is 4.79 Å². The molecule has 1 aromatic carbocycles. The van der Waals surface area contributed by atoms with E-state index >= 15 is 0 Å². The number of rotatable bonds is 9. The topological polar surface area (TPSA) is 75.6 Å². The lowest BCUT2D eigenvalue weighted by atomic mass is 10.1. The minimum atomic E-state index is -1.06. The van der Waals surface area contributed by atoms with E-state index in [0.29, 0.717) is 5.56 Å². The second kappa shape index (κ2) is 10.1. The molecule has 0 heterocycles. The van der Waals surface area contributed by atoms with E-state index < -0.39 is 12.0 Å². The van der Waals surface area contributed by atoms with E-state index in [-0.39, 0.29) is 18.9 Å². The van der Waals surface area contributed by atoms with Crippen LogP contribution in [-0.4, -0.2) is 42.5 Å². The molecular weight excluding hydrogens is 314 g/mol. The summed E-state index contributed by atoms with van der Waals surface area (Å²) in [5.41, 5.74) is 1.70. The van der Waals surface area contributed by atoms with Crippen LogP contribution in [0.3, 0.4) is 0 Å². The van der Waals surface area contributed by atoms with Crippen molar-refractivity contribution in [2.24, 2.45) is 0 Å². The Labute approximate surface area is 141 Å². The molecule has 23 heavy (non-hydrogen) atoms. The van der Waals surface area contributed by atoms with Crippen molar-refractivity contribution in [3.63, 3.8) is 0 Å². The van der Waals surface area contributed by atoms with Gasteiger partial charge in [-0.05, 0) is 26.0 Å². The van der Waals surface area contributed by atoms with E-state index in [1.54, 1.807) is 23.9 Å². The molecule has 0 saturated heterocycles. The molecule has 126 valence electrons. The van der Waals surface area contributed by atoms with Crippen LogP contribution in [0.5, 0.6) is 0 Å². The van der Waals surface area contributed by atoms with Crippen LogP contribution in [0.4, 0.5) is 0 Å². The van der Waals surface area contributed by atoms with Gasteiger partial charge in [0.15, 0.2) is 0 Å². The van der Waals surface area contributed by atoms with Crippen molar-refractivity contribution >= 4 is 23.6 Å². The average Bonchev–Trinajstić information content (AvgIpc) is 2.51. The highest BCUT2D eigenvalue weighted by atomic mass is 32.2. The van der Waals surface area contributed by atoms with Crippen LogP contribution in [0.2, 0.25) is 0 Å². The molecule has 0 radical (unpaired) electrons. The number of benzene rings is 1. The van der Waals surface area contributed by atoms with E-state index in [0.717, 1.165) is 10.6 Å².